The van der Waals surface area contributed by atoms with Crippen LogP contribution in [0.25, 0.3) is 99.9 Å². The molecule has 1 heterocycles. The molecular formula is C51H33N3. The first-order chi connectivity index (χ1) is 28.9. The topological polar surface area (TPSA) is 38.7 Å². The predicted molar refractivity (Wildman–Crippen MR) is 225 cm³/mol. The Balaban J connectivity index is 1.26. The van der Waals surface area contributed by atoms with Crippen LogP contribution in [0.5, 0.6) is 0 Å². The first-order valence-electron chi connectivity index (χ1n) is 20.4. The van der Waals surface area contributed by atoms with Gasteiger partial charge in [0.05, 0.1) is 6.85 Å². The minimum atomic E-state index is -0.480. The van der Waals surface area contributed by atoms with E-state index in [0.29, 0.717) is 22.8 Å². The number of aromatic nitrogens is 3. The average Bonchev–Trinajstić information content (AvgIpc) is 3.29. The van der Waals surface area contributed by atoms with Gasteiger partial charge in [-0.15, -0.1) is 0 Å². The molecule has 0 saturated heterocycles. The van der Waals surface area contributed by atoms with Crippen LogP contribution < -0.4 is 0 Å². The van der Waals surface area contributed by atoms with Crippen molar-refractivity contribution in [1.82, 2.24) is 15.0 Å². The fourth-order valence-electron chi connectivity index (χ4n) is 7.68. The number of nitrogens with zero attached hydrogens (tertiary/aromatic N) is 3. The van der Waals surface area contributed by atoms with E-state index >= 15 is 0 Å². The highest BCUT2D eigenvalue weighted by Gasteiger charge is 2.21. The standard InChI is InChI=1S/C51H33N3/c1-4-18-34(19-5-1)37-24-10-17-31-45(37)50-52-49(36-22-8-3-9-23-36)53-51(54-50)46-33-32-44(38-25-11-12-26-39(38)46)48-42-29-15-13-27-40(42)47(35-20-6-2-7-21-35)41-28-14-16-30-43(41)48/h1-33H/i3D,8D,9D,22D,23D. The van der Waals surface area contributed by atoms with Crippen molar-refractivity contribution in [2.24, 2.45) is 0 Å². The van der Waals surface area contributed by atoms with Crippen molar-refractivity contribution >= 4 is 32.3 Å². The van der Waals surface area contributed by atoms with Gasteiger partial charge >= 0.3 is 0 Å². The lowest BCUT2D eigenvalue weighted by Crippen LogP contribution is -2.01. The molecular weight excluding hydrogens is 655 g/mol. The average molecular weight is 693 g/mol. The lowest BCUT2D eigenvalue weighted by molar-refractivity contribution is 1.08. The van der Waals surface area contributed by atoms with Gasteiger partial charge in [0, 0.05) is 16.7 Å². The molecule has 252 valence electrons. The molecule has 0 aliphatic heterocycles. The zero-order chi connectivity index (χ0) is 40.2. The van der Waals surface area contributed by atoms with Crippen molar-refractivity contribution in [2.45, 2.75) is 0 Å². The monoisotopic (exact) mass is 692 g/mol. The minimum Gasteiger partial charge on any atom is -0.208 e. The summed E-state index contributed by atoms with van der Waals surface area (Å²) >= 11 is 0. The third-order valence-corrected chi connectivity index (χ3v) is 10.0. The quantitative estimate of drug-likeness (QED) is 0.163. The maximum atomic E-state index is 8.88. The van der Waals surface area contributed by atoms with Gasteiger partial charge in [0.2, 0.25) is 0 Å². The Morgan fingerprint density at radius 1 is 0.278 bits per heavy atom. The normalized spacial score (nSPS) is 12.6. The summed E-state index contributed by atoms with van der Waals surface area (Å²) in [7, 11) is 0. The van der Waals surface area contributed by atoms with Gasteiger partial charge in [-0.1, -0.05) is 194 Å². The molecule has 10 rings (SSSR count). The Morgan fingerprint density at radius 2 is 0.704 bits per heavy atom. The van der Waals surface area contributed by atoms with E-state index < -0.39 is 18.1 Å². The van der Waals surface area contributed by atoms with Crippen LogP contribution in [-0.4, -0.2) is 15.0 Å². The molecule has 0 amide bonds. The third-order valence-electron chi connectivity index (χ3n) is 10.0. The summed E-state index contributed by atoms with van der Waals surface area (Å²) in [5.74, 6) is 0.626. The van der Waals surface area contributed by atoms with Crippen molar-refractivity contribution in [2.75, 3.05) is 0 Å². The molecule has 0 bridgehead atoms. The highest BCUT2D eigenvalue weighted by atomic mass is 15.0. The third kappa shape index (κ3) is 5.42. The van der Waals surface area contributed by atoms with E-state index in [0.717, 1.165) is 60.1 Å². The van der Waals surface area contributed by atoms with E-state index in [1.807, 2.05) is 78.9 Å². The van der Waals surface area contributed by atoms with E-state index in [-0.39, 0.29) is 23.5 Å². The molecule has 10 aromatic rings. The van der Waals surface area contributed by atoms with Crippen molar-refractivity contribution in [3.63, 3.8) is 0 Å². The molecule has 0 unspecified atom stereocenters. The minimum absolute atomic E-state index is 0.00786. The largest absolute Gasteiger partial charge is 0.208 e. The molecule has 54 heavy (non-hydrogen) atoms. The van der Waals surface area contributed by atoms with Gasteiger partial charge in [-0.25, -0.2) is 15.0 Å². The second kappa shape index (κ2) is 13.4. The zero-order valence-corrected chi connectivity index (χ0v) is 29.0. The summed E-state index contributed by atoms with van der Waals surface area (Å²) in [6.07, 6.45) is 0. The number of fused-ring (bicyclic) bond motifs is 3. The second-order valence-corrected chi connectivity index (χ2v) is 13.1. The number of hydrogen-bond donors (Lipinski definition) is 0. The first-order valence-corrected chi connectivity index (χ1v) is 17.9. The van der Waals surface area contributed by atoms with Crippen LogP contribution in [0, 0.1) is 0 Å². The maximum absolute atomic E-state index is 8.88. The molecule has 0 spiro atoms. The van der Waals surface area contributed by atoms with Crippen LogP contribution >= 0.6 is 0 Å². The van der Waals surface area contributed by atoms with E-state index in [2.05, 4.69) is 91.0 Å². The van der Waals surface area contributed by atoms with Crippen molar-refractivity contribution < 1.29 is 6.85 Å². The summed E-state index contributed by atoms with van der Waals surface area (Å²) in [5.41, 5.74) is 7.70. The van der Waals surface area contributed by atoms with Gasteiger partial charge < -0.3 is 0 Å². The van der Waals surface area contributed by atoms with Crippen LogP contribution in [0.2, 0.25) is 0 Å². The highest BCUT2D eigenvalue weighted by Crippen LogP contribution is 2.46. The summed E-state index contributed by atoms with van der Waals surface area (Å²) < 4.78 is 43.0. The summed E-state index contributed by atoms with van der Waals surface area (Å²) in [4.78, 5) is 14.9. The van der Waals surface area contributed by atoms with E-state index in [4.69, 9.17) is 21.8 Å². The van der Waals surface area contributed by atoms with Gasteiger partial charge in [0.15, 0.2) is 17.5 Å². The molecule has 0 aliphatic rings. The number of rotatable bonds is 6. The smallest absolute Gasteiger partial charge is 0.164 e. The van der Waals surface area contributed by atoms with Gasteiger partial charge in [-0.2, -0.15) is 0 Å². The Hall–Kier alpha value is -7.23. The van der Waals surface area contributed by atoms with E-state index in [9.17, 15) is 0 Å². The lowest BCUT2D eigenvalue weighted by Gasteiger charge is -2.19. The van der Waals surface area contributed by atoms with Crippen molar-refractivity contribution in [3.8, 4) is 67.5 Å². The SMILES string of the molecule is [2H]c1c([2H])c([2H])c(-c2nc(-c3ccccc3-c3ccccc3)nc(-c3ccc(-c4c5ccccc5c(-c5ccccc5)c5ccccc45)c4ccccc34)n2)c([2H])c1[2H]. The molecule has 3 nitrogen and oxygen atoms in total. The van der Waals surface area contributed by atoms with Gasteiger partial charge in [-0.3, -0.25) is 0 Å². The molecule has 0 radical (unpaired) electrons. The molecule has 0 saturated carbocycles. The van der Waals surface area contributed by atoms with Crippen LogP contribution in [0.1, 0.15) is 6.85 Å². The second-order valence-electron chi connectivity index (χ2n) is 13.1. The summed E-state index contributed by atoms with van der Waals surface area (Å²) in [6, 6.07) is 55.6. The molecule has 3 heteroatoms. The molecule has 0 aliphatic carbocycles. The Morgan fingerprint density at radius 3 is 1.31 bits per heavy atom. The Bertz CT molecular complexity index is 3190. The fraction of sp³-hybridized carbons (Fsp3) is 0. The highest BCUT2D eigenvalue weighted by molar-refractivity contribution is 6.24. The fourth-order valence-corrected chi connectivity index (χ4v) is 7.68. The van der Waals surface area contributed by atoms with Crippen molar-refractivity contribution in [1.29, 1.82) is 0 Å². The van der Waals surface area contributed by atoms with E-state index in [1.165, 1.54) is 5.56 Å². The van der Waals surface area contributed by atoms with Gasteiger partial charge in [-0.05, 0) is 71.8 Å². The van der Waals surface area contributed by atoms with Gasteiger partial charge in [0.1, 0.15) is 0 Å². The van der Waals surface area contributed by atoms with E-state index in [1.54, 1.807) is 0 Å². The van der Waals surface area contributed by atoms with Gasteiger partial charge in [0.25, 0.3) is 0 Å². The number of hydrogen-bond acceptors (Lipinski definition) is 3. The Kier molecular flexibility index (Phi) is 6.58. The summed E-state index contributed by atoms with van der Waals surface area (Å²) in [6.45, 7) is 0. The first kappa shape index (κ1) is 26.5. The van der Waals surface area contributed by atoms with Crippen molar-refractivity contribution in [3.05, 3.63) is 200 Å². The molecule has 0 N–H and O–H groups in total. The zero-order valence-electron chi connectivity index (χ0n) is 34.0. The molecule has 0 fully saturated rings. The Labute approximate surface area is 321 Å². The van der Waals surface area contributed by atoms with Crippen LogP contribution in [0.4, 0.5) is 0 Å². The van der Waals surface area contributed by atoms with Crippen LogP contribution in [0.3, 0.4) is 0 Å². The molecule has 9 aromatic carbocycles. The lowest BCUT2D eigenvalue weighted by atomic mass is 9.84. The number of benzene rings is 9. The summed E-state index contributed by atoms with van der Waals surface area (Å²) in [5, 5.41) is 6.46. The molecule has 0 atom stereocenters. The maximum Gasteiger partial charge on any atom is 0.164 e. The predicted octanol–water partition coefficient (Wildman–Crippen LogP) is 13.3. The molecule has 1 aromatic heterocycles. The van der Waals surface area contributed by atoms with Crippen LogP contribution in [0.15, 0.2) is 200 Å². The van der Waals surface area contributed by atoms with Crippen LogP contribution in [-0.2, 0) is 0 Å².